The highest BCUT2D eigenvalue weighted by atomic mass is 16.3. The van der Waals surface area contributed by atoms with E-state index in [1.165, 1.54) is 31.2 Å². The molecule has 0 bridgehead atoms. The predicted molar refractivity (Wildman–Crippen MR) is 65.2 cm³/mol. The van der Waals surface area contributed by atoms with E-state index >= 15 is 0 Å². The van der Waals surface area contributed by atoms with Gasteiger partial charge in [0.15, 0.2) is 0 Å². The molecular weight excluding hydrogens is 200 g/mol. The Balaban J connectivity index is 1.96. The van der Waals surface area contributed by atoms with Crippen LogP contribution in [0.4, 0.5) is 0 Å². The van der Waals surface area contributed by atoms with E-state index < -0.39 is 0 Å². The molecule has 0 aromatic carbocycles. The molecule has 0 atom stereocenters. The molecule has 1 aliphatic rings. The van der Waals surface area contributed by atoms with Gasteiger partial charge < -0.3 is 9.67 Å². The minimum absolute atomic E-state index is 0.267. The Morgan fingerprint density at radius 2 is 2.19 bits per heavy atom. The molecule has 1 fully saturated rings. The van der Waals surface area contributed by atoms with Crippen molar-refractivity contribution in [2.75, 3.05) is 13.2 Å². The molecule has 16 heavy (non-hydrogen) atoms. The minimum atomic E-state index is 0.267. The van der Waals surface area contributed by atoms with Gasteiger partial charge in [-0.25, -0.2) is 0 Å². The van der Waals surface area contributed by atoms with Crippen LogP contribution >= 0.6 is 0 Å². The van der Waals surface area contributed by atoms with Crippen molar-refractivity contribution < 1.29 is 5.11 Å². The van der Waals surface area contributed by atoms with Crippen molar-refractivity contribution in [3.05, 3.63) is 24.0 Å². The van der Waals surface area contributed by atoms with Crippen LogP contribution in [0.3, 0.4) is 0 Å². The number of aliphatic hydroxyl groups excluding tert-OH is 1. The van der Waals surface area contributed by atoms with Crippen LogP contribution in [-0.4, -0.2) is 33.8 Å². The summed E-state index contributed by atoms with van der Waals surface area (Å²) in [5.41, 5.74) is 1.35. The van der Waals surface area contributed by atoms with E-state index in [2.05, 4.69) is 35.0 Å². The number of nitrogens with zero attached hydrogens (tertiary/aromatic N) is 2. The first kappa shape index (κ1) is 11.7. The smallest absolute Gasteiger partial charge is 0.0558 e. The second-order valence-electron chi connectivity index (χ2n) is 4.82. The van der Waals surface area contributed by atoms with Crippen molar-refractivity contribution in [1.29, 1.82) is 0 Å². The predicted octanol–water partition coefficient (Wildman–Crippen LogP) is 1.76. The molecule has 1 aromatic heterocycles. The molecule has 1 saturated carbocycles. The van der Waals surface area contributed by atoms with Crippen molar-refractivity contribution >= 4 is 0 Å². The van der Waals surface area contributed by atoms with E-state index in [9.17, 15) is 0 Å². The summed E-state index contributed by atoms with van der Waals surface area (Å²) in [5.74, 6) is 0. The molecule has 3 nitrogen and oxygen atoms in total. The summed E-state index contributed by atoms with van der Waals surface area (Å²) >= 11 is 0. The van der Waals surface area contributed by atoms with Crippen LogP contribution in [0.15, 0.2) is 18.5 Å². The maximum absolute atomic E-state index is 9.13. The molecule has 3 heteroatoms. The highest BCUT2D eigenvalue weighted by Gasteiger charge is 2.22. The Hall–Kier alpha value is -0.800. The van der Waals surface area contributed by atoms with E-state index in [-0.39, 0.29) is 6.61 Å². The second kappa shape index (κ2) is 5.51. The molecule has 2 rings (SSSR count). The van der Waals surface area contributed by atoms with Gasteiger partial charge in [-0.15, -0.1) is 0 Å². The van der Waals surface area contributed by atoms with E-state index in [1.54, 1.807) is 0 Å². The normalized spacial score (nSPS) is 17.4. The molecule has 90 valence electrons. The lowest BCUT2D eigenvalue weighted by atomic mass is 10.2. The quantitative estimate of drug-likeness (QED) is 0.822. The van der Waals surface area contributed by atoms with E-state index in [0.29, 0.717) is 6.04 Å². The van der Waals surface area contributed by atoms with Gasteiger partial charge in [0.25, 0.3) is 0 Å². The standard InChI is InChI=1S/C13H22N2O/c1-14-7-6-12(10-14)11-15(8-9-16)13-4-2-3-5-13/h6-7,10,13,16H,2-5,8-9,11H2,1H3. The van der Waals surface area contributed by atoms with Gasteiger partial charge in [-0.05, 0) is 24.5 Å². The molecule has 0 radical (unpaired) electrons. The first-order valence-electron chi connectivity index (χ1n) is 6.25. The average Bonchev–Trinajstić information content (AvgIpc) is 2.88. The van der Waals surface area contributed by atoms with Gasteiger partial charge in [0.1, 0.15) is 0 Å². The largest absolute Gasteiger partial charge is 0.395 e. The first-order chi connectivity index (χ1) is 7.79. The van der Waals surface area contributed by atoms with Crippen LogP contribution in [0.25, 0.3) is 0 Å². The van der Waals surface area contributed by atoms with Gasteiger partial charge in [-0.3, -0.25) is 4.90 Å². The van der Waals surface area contributed by atoms with Gasteiger partial charge in [-0.2, -0.15) is 0 Å². The first-order valence-corrected chi connectivity index (χ1v) is 6.25. The molecule has 0 saturated heterocycles. The Kier molecular flexibility index (Phi) is 4.02. The lowest BCUT2D eigenvalue weighted by Crippen LogP contribution is -2.34. The molecule has 0 aliphatic heterocycles. The van der Waals surface area contributed by atoms with E-state index in [0.717, 1.165) is 13.1 Å². The Labute approximate surface area is 97.7 Å². The molecule has 1 N–H and O–H groups in total. The summed E-state index contributed by atoms with van der Waals surface area (Å²) in [6, 6.07) is 2.85. The highest BCUT2D eigenvalue weighted by Crippen LogP contribution is 2.24. The average molecular weight is 222 g/mol. The molecule has 0 amide bonds. The summed E-state index contributed by atoms with van der Waals surface area (Å²) in [6.07, 6.45) is 9.54. The fourth-order valence-electron chi connectivity index (χ4n) is 2.68. The van der Waals surface area contributed by atoms with Crippen LogP contribution in [0.1, 0.15) is 31.2 Å². The van der Waals surface area contributed by atoms with Crippen LogP contribution in [0.5, 0.6) is 0 Å². The van der Waals surface area contributed by atoms with Crippen LogP contribution in [0.2, 0.25) is 0 Å². The molecule has 1 aliphatic carbocycles. The van der Waals surface area contributed by atoms with Crippen molar-refractivity contribution in [2.45, 2.75) is 38.3 Å². The molecule has 0 unspecified atom stereocenters. The third kappa shape index (κ3) is 2.86. The zero-order valence-electron chi connectivity index (χ0n) is 10.1. The number of aliphatic hydroxyl groups is 1. The molecule has 0 spiro atoms. The van der Waals surface area contributed by atoms with Crippen molar-refractivity contribution in [2.24, 2.45) is 7.05 Å². The fourth-order valence-corrected chi connectivity index (χ4v) is 2.68. The van der Waals surface area contributed by atoms with Crippen LogP contribution < -0.4 is 0 Å². The number of aryl methyl sites for hydroxylation is 1. The van der Waals surface area contributed by atoms with Gasteiger partial charge >= 0.3 is 0 Å². The number of hydrogen-bond donors (Lipinski definition) is 1. The summed E-state index contributed by atoms with van der Waals surface area (Å²) in [6.45, 7) is 2.05. The molecule has 1 heterocycles. The minimum Gasteiger partial charge on any atom is -0.395 e. The number of hydrogen-bond acceptors (Lipinski definition) is 2. The van der Waals surface area contributed by atoms with Crippen molar-refractivity contribution in [1.82, 2.24) is 9.47 Å². The SMILES string of the molecule is Cn1ccc(CN(CCO)C2CCCC2)c1. The maximum Gasteiger partial charge on any atom is 0.0558 e. The summed E-state index contributed by atoms with van der Waals surface area (Å²) < 4.78 is 2.08. The number of rotatable bonds is 5. The topological polar surface area (TPSA) is 28.4 Å². The summed E-state index contributed by atoms with van der Waals surface area (Å²) in [4.78, 5) is 2.43. The third-order valence-corrected chi connectivity index (χ3v) is 3.51. The Morgan fingerprint density at radius 3 is 2.75 bits per heavy atom. The van der Waals surface area contributed by atoms with Gasteiger partial charge in [-0.1, -0.05) is 12.8 Å². The van der Waals surface area contributed by atoms with Gasteiger partial charge in [0.05, 0.1) is 6.61 Å². The zero-order chi connectivity index (χ0) is 11.4. The lowest BCUT2D eigenvalue weighted by Gasteiger charge is -2.27. The van der Waals surface area contributed by atoms with Crippen LogP contribution in [0, 0.1) is 0 Å². The Bertz CT molecular complexity index is 315. The summed E-state index contributed by atoms with van der Waals surface area (Å²) in [7, 11) is 2.05. The fraction of sp³-hybridized carbons (Fsp3) is 0.692. The van der Waals surface area contributed by atoms with E-state index in [1.807, 2.05) is 0 Å². The maximum atomic E-state index is 9.13. The highest BCUT2D eigenvalue weighted by molar-refractivity contribution is 5.10. The third-order valence-electron chi connectivity index (χ3n) is 3.51. The Morgan fingerprint density at radius 1 is 1.44 bits per heavy atom. The van der Waals surface area contributed by atoms with Crippen molar-refractivity contribution in [3.8, 4) is 0 Å². The lowest BCUT2D eigenvalue weighted by molar-refractivity contribution is 0.145. The molecule has 1 aromatic rings. The number of aromatic nitrogens is 1. The zero-order valence-corrected chi connectivity index (χ0v) is 10.1. The summed E-state index contributed by atoms with van der Waals surface area (Å²) in [5, 5.41) is 9.13. The second-order valence-corrected chi connectivity index (χ2v) is 4.82. The molecular formula is C13H22N2O. The van der Waals surface area contributed by atoms with E-state index in [4.69, 9.17) is 5.11 Å². The van der Waals surface area contributed by atoms with Gasteiger partial charge in [0, 0.05) is 38.6 Å². The van der Waals surface area contributed by atoms with Crippen LogP contribution in [-0.2, 0) is 13.6 Å². The van der Waals surface area contributed by atoms with Gasteiger partial charge in [0.2, 0.25) is 0 Å². The monoisotopic (exact) mass is 222 g/mol. The van der Waals surface area contributed by atoms with Crippen molar-refractivity contribution in [3.63, 3.8) is 0 Å².